The van der Waals surface area contributed by atoms with Crippen molar-refractivity contribution in [3.8, 4) is 0 Å². The van der Waals surface area contributed by atoms with Crippen molar-refractivity contribution < 1.29 is 9.90 Å². The van der Waals surface area contributed by atoms with Crippen LogP contribution in [0.3, 0.4) is 0 Å². The van der Waals surface area contributed by atoms with Crippen LogP contribution in [0.1, 0.15) is 29.9 Å². The Morgan fingerprint density at radius 3 is 2.64 bits per heavy atom. The zero-order valence-electron chi connectivity index (χ0n) is 8.20. The fraction of sp³-hybridized carbons (Fsp3) is 0.400. The van der Waals surface area contributed by atoms with Gasteiger partial charge in [-0.1, -0.05) is 19.9 Å². The lowest BCUT2D eigenvalue weighted by atomic mass is 10.0. The van der Waals surface area contributed by atoms with Crippen LogP contribution in [0.25, 0.3) is 0 Å². The molecule has 4 heteroatoms. The number of rotatable bonds is 3. The van der Waals surface area contributed by atoms with Gasteiger partial charge < -0.3 is 10.1 Å². The molecule has 0 aliphatic rings. The lowest BCUT2D eigenvalue weighted by Crippen LogP contribution is -2.15. The zero-order valence-corrected chi connectivity index (χ0v) is 8.20. The fourth-order valence-electron chi connectivity index (χ4n) is 1.31. The monoisotopic (exact) mass is 195 g/mol. The maximum Gasteiger partial charge on any atom is 0.352 e. The summed E-state index contributed by atoms with van der Waals surface area (Å²) in [4.78, 5) is 24.0. The highest BCUT2D eigenvalue weighted by atomic mass is 16.4. The molecule has 0 radical (unpaired) electrons. The van der Waals surface area contributed by atoms with Crippen molar-refractivity contribution in [2.75, 3.05) is 0 Å². The van der Waals surface area contributed by atoms with Gasteiger partial charge in [-0.3, -0.25) is 4.79 Å². The van der Waals surface area contributed by atoms with Gasteiger partial charge in [0.1, 0.15) is 5.69 Å². The van der Waals surface area contributed by atoms with E-state index < -0.39 is 5.97 Å². The Labute approximate surface area is 81.6 Å². The van der Waals surface area contributed by atoms with E-state index in [1.165, 1.54) is 6.07 Å². The molecule has 14 heavy (non-hydrogen) atoms. The summed E-state index contributed by atoms with van der Waals surface area (Å²) in [5, 5.41) is 8.83. The van der Waals surface area contributed by atoms with E-state index in [1.807, 2.05) is 13.8 Å². The molecule has 4 nitrogen and oxygen atoms in total. The van der Waals surface area contributed by atoms with Crippen LogP contribution in [0.2, 0.25) is 0 Å². The molecule has 1 aromatic heterocycles. The van der Waals surface area contributed by atoms with Crippen molar-refractivity contribution in [2.24, 2.45) is 5.92 Å². The van der Waals surface area contributed by atoms with Gasteiger partial charge in [-0.2, -0.15) is 0 Å². The fourth-order valence-corrected chi connectivity index (χ4v) is 1.31. The second kappa shape index (κ2) is 4.09. The zero-order chi connectivity index (χ0) is 10.7. The maximum atomic E-state index is 10.9. The number of aromatic amines is 1. The Morgan fingerprint density at radius 2 is 2.14 bits per heavy atom. The van der Waals surface area contributed by atoms with Crippen LogP contribution in [0.4, 0.5) is 0 Å². The Hall–Kier alpha value is -1.58. The molecule has 1 heterocycles. The standard InChI is InChI=1S/C10H13NO3/c1-6(2)5-7-3-4-8(12)11-9(7)10(13)14/h3-4,6H,5H2,1-2H3,(H,11,12)(H,13,14). The molecule has 0 unspecified atom stereocenters. The summed E-state index contributed by atoms with van der Waals surface area (Å²) in [6.07, 6.45) is 0.651. The number of hydrogen-bond acceptors (Lipinski definition) is 2. The summed E-state index contributed by atoms with van der Waals surface area (Å²) in [6, 6.07) is 2.92. The van der Waals surface area contributed by atoms with E-state index in [9.17, 15) is 9.59 Å². The van der Waals surface area contributed by atoms with Crippen molar-refractivity contribution in [1.29, 1.82) is 0 Å². The molecule has 0 fully saturated rings. The van der Waals surface area contributed by atoms with Crippen molar-refractivity contribution in [1.82, 2.24) is 4.98 Å². The van der Waals surface area contributed by atoms with E-state index >= 15 is 0 Å². The van der Waals surface area contributed by atoms with Crippen molar-refractivity contribution >= 4 is 5.97 Å². The normalized spacial score (nSPS) is 10.5. The molecule has 0 aromatic carbocycles. The van der Waals surface area contributed by atoms with E-state index in [4.69, 9.17) is 5.11 Å². The van der Waals surface area contributed by atoms with E-state index in [0.29, 0.717) is 17.9 Å². The number of aromatic nitrogens is 1. The molecule has 0 aliphatic carbocycles. The molecule has 0 aliphatic heterocycles. The predicted octanol–water partition coefficient (Wildman–Crippen LogP) is 1.27. The van der Waals surface area contributed by atoms with Crippen LogP contribution in [-0.2, 0) is 6.42 Å². The molecule has 0 amide bonds. The first-order valence-corrected chi connectivity index (χ1v) is 4.46. The van der Waals surface area contributed by atoms with Gasteiger partial charge in [-0.05, 0) is 17.9 Å². The van der Waals surface area contributed by atoms with Crippen molar-refractivity contribution in [2.45, 2.75) is 20.3 Å². The van der Waals surface area contributed by atoms with Gasteiger partial charge in [-0.15, -0.1) is 0 Å². The SMILES string of the molecule is CC(C)Cc1ccc(=O)[nH]c1C(=O)O. The average Bonchev–Trinajstić information content (AvgIpc) is 2.07. The smallest absolute Gasteiger partial charge is 0.352 e. The summed E-state index contributed by atoms with van der Waals surface area (Å²) in [7, 11) is 0. The lowest BCUT2D eigenvalue weighted by molar-refractivity contribution is 0.0688. The van der Waals surface area contributed by atoms with Gasteiger partial charge >= 0.3 is 5.97 Å². The van der Waals surface area contributed by atoms with Crippen molar-refractivity contribution in [3.05, 3.63) is 33.7 Å². The first-order valence-electron chi connectivity index (χ1n) is 4.46. The van der Waals surface area contributed by atoms with Crippen LogP contribution in [0.5, 0.6) is 0 Å². The number of pyridine rings is 1. The number of carbonyl (C=O) groups is 1. The number of aromatic carboxylic acids is 1. The van der Waals surface area contributed by atoms with E-state index in [0.717, 1.165) is 0 Å². The third-order valence-electron chi connectivity index (χ3n) is 1.85. The predicted molar refractivity (Wildman–Crippen MR) is 52.6 cm³/mol. The minimum Gasteiger partial charge on any atom is -0.477 e. The third-order valence-corrected chi connectivity index (χ3v) is 1.85. The van der Waals surface area contributed by atoms with Crippen LogP contribution < -0.4 is 5.56 Å². The highest BCUT2D eigenvalue weighted by molar-refractivity contribution is 5.86. The maximum absolute atomic E-state index is 10.9. The van der Waals surface area contributed by atoms with E-state index in [1.54, 1.807) is 6.07 Å². The first-order chi connectivity index (χ1) is 6.50. The van der Waals surface area contributed by atoms with Gasteiger partial charge in [0.2, 0.25) is 5.56 Å². The summed E-state index contributed by atoms with van der Waals surface area (Å²) < 4.78 is 0. The molecule has 76 valence electrons. The Morgan fingerprint density at radius 1 is 1.50 bits per heavy atom. The van der Waals surface area contributed by atoms with Gasteiger partial charge in [0.25, 0.3) is 0 Å². The second-order valence-electron chi connectivity index (χ2n) is 3.63. The Kier molecular flexibility index (Phi) is 3.06. The molecular formula is C10H13NO3. The molecule has 1 rings (SSSR count). The average molecular weight is 195 g/mol. The van der Waals surface area contributed by atoms with Crippen LogP contribution in [-0.4, -0.2) is 16.1 Å². The molecule has 2 N–H and O–H groups in total. The quantitative estimate of drug-likeness (QED) is 0.763. The molecule has 0 bridgehead atoms. The number of hydrogen-bond donors (Lipinski definition) is 2. The molecular weight excluding hydrogens is 182 g/mol. The summed E-state index contributed by atoms with van der Waals surface area (Å²) >= 11 is 0. The van der Waals surface area contributed by atoms with Gasteiger partial charge in [0, 0.05) is 6.07 Å². The van der Waals surface area contributed by atoms with E-state index in [2.05, 4.69) is 4.98 Å². The minimum atomic E-state index is -1.08. The largest absolute Gasteiger partial charge is 0.477 e. The highest BCUT2D eigenvalue weighted by Gasteiger charge is 2.11. The Balaban J connectivity index is 3.15. The summed E-state index contributed by atoms with van der Waals surface area (Å²) in [5.74, 6) is -0.725. The number of H-pyrrole nitrogens is 1. The van der Waals surface area contributed by atoms with Crippen LogP contribution in [0, 0.1) is 5.92 Å². The van der Waals surface area contributed by atoms with Crippen LogP contribution >= 0.6 is 0 Å². The van der Waals surface area contributed by atoms with Gasteiger partial charge in [0.05, 0.1) is 0 Å². The summed E-state index contributed by atoms with van der Waals surface area (Å²) in [6.45, 7) is 3.99. The third kappa shape index (κ3) is 2.45. The van der Waals surface area contributed by atoms with Gasteiger partial charge in [-0.25, -0.2) is 4.79 Å². The molecule has 0 saturated heterocycles. The van der Waals surface area contributed by atoms with Crippen LogP contribution in [0.15, 0.2) is 16.9 Å². The minimum absolute atomic E-state index is 0.00574. The molecule has 0 spiro atoms. The molecule has 1 aromatic rings. The number of carboxylic acids is 1. The number of nitrogens with one attached hydrogen (secondary N) is 1. The number of carboxylic acid groups (broad SMARTS) is 1. The summed E-state index contributed by atoms with van der Waals surface area (Å²) in [5.41, 5.74) is 0.299. The Bertz CT molecular complexity index is 393. The molecule has 0 atom stereocenters. The second-order valence-corrected chi connectivity index (χ2v) is 3.63. The highest BCUT2D eigenvalue weighted by Crippen LogP contribution is 2.10. The van der Waals surface area contributed by atoms with Crippen molar-refractivity contribution in [3.63, 3.8) is 0 Å². The molecule has 0 saturated carbocycles. The lowest BCUT2D eigenvalue weighted by Gasteiger charge is -2.07. The van der Waals surface area contributed by atoms with E-state index in [-0.39, 0.29) is 11.3 Å². The van der Waals surface area contributed by atoms with Gasteiger partial charge in [0.15, 0.2) is 0 Å². The first kappa shape index (κ1) is 10.5. The topological polar surface area (TPSA) is 70.2 Å².